The molecule has 1 heterocycles. The third-order valence-corrected chi connectivity index (χ3v) is 6.44. The molecule has 0 bridgehead atoms. The molecule has 4 aromatic rings. The summed E-state index contributed by atoms with van der Waals surface area (Å²) in [6, 6.07) is 20.7. The Bertz CT molecular complexity index is 1280. The van der Waals surface area contributed by atoms with Gasteiger partial charge in [-0.15, -0.1) is 10.2 Å². The molecule has 0 aliphatic heterocycles. The van der Waals surface area contributed by atoms with E-state index in [-0.39, 0.29) is 23.9 Å². The summed E-state index contributed by atoms with van der Waals surface area (Å²) in [5, 5.41) is 19.9. The Kier molecular flexibility index (Phi) is 7.61. The highest BCUT2D eigenvalue weighted by molar-refractivity contribution is 7.99. The Labute approximate surface area is 205 Å². The molecule has 8 nitrogen and oxygen atoms in total. The normalized spacial score (nSPS) is 11.7. The minimum atomic E-state index is -0.489. The van der Waals surface area contributed by atoms with Crippen molar-refractivity contribution in [1.82, 2.24) is 14.8 Å². The molecule has 1 atom stereocenters. The number of halogens is 1. The largest absolute Gasteiger partial charge is 0.497 e. The van der Waals surface area contributed by atoms with E-state index in [1.807, 2.05) is 47.9 Å². The van der Waals surface area contributed by atoms with Crippen LogP contribution in [-0.2, 0) is 6.61 Å². The van der Waals surface area contributed by atoms with E-state index >= 15 is 0 Å². The fourth-order valence-corrected chi connectivity index (χ4v) is 4.62. The van der Waals surface area contributed by atoms with E-state index < -0.39 is 5.25 Å². The Morgan fingerprint density at radius 2 is 1.66 bits per heavy atom. The van der Waals surface area contributed by atoms with Gasteiger partial charge in [0.25, 0.3) is 0 Å². The SMILES string of the molecule is COc1ccc(-n2c(C)nnc2S[C@H](C[N+](=O)[O-])c2ccc(OCc3ccc(F)cc3)cc2)cc1. The number of aryl methyl sites for hydroxylation is 1. The maximum absolute atomic E-state index is 13.1. The second kappa shape index (κ2) is 11.0. The van der Waals surface area contributed by atoms with Crippen LogP contribution in [0.15, 0.2) is 78.0 Å². The van der Waals surface area contributed by atoms with Crippen LogP contribution in [0.2, 0.25) is 0 Å². The summed E-state index contributed by atoms with van der Waals surface area (Å²) in [7, 11) is 1.60. The summed E-state index contributed by atoms with van der Waals surface area (Å²) >= 11 is 1.28. The second-order valence-electron chi connectivity index (χ2n) is 7.67. The fraction of sp³-hybridized carbons (Fsp3) is 0.200. The fourth-order valence-electron chi connectivity index (χ4n) is 3.45. The summed E-state index contributed by atoms with van der Waals surface area (Å²) in [6.45, 7) is 1.84. The smallest absolute Gasteiger partial charge is 0.220 e. The minimum Gasteiger partial charge on any atom is -0.497 e. The van der Waals surface area contributed by atoms with Crippen LogP contribution in [0.4, 0.5) is 4.39 Å². The van der Waals surface area contributed by atoms with Crippen molar-refractivity contribution in [3.8, 4) is 17.2 Å². The molecule has 10 heteroatoms. The Morgan fingerprint density at radius 1 is 1.00 bits per heavy atom. The first kappa shape index (κ1) is 24.2. The molecule has 0 aliphatic rings. The van der Waals surface area contributed by atoms with E-state index in [0.717, 1.165) is 22.6 Å². The molecule has 0 saturated heterocycles. The van der Waals surface area contributed by atoms with Crippen LogP contribution in [0.1, 0.15) is 22.2 Å². The highest BCUT2D eigenvalue weighted by Crippen LogP contribution is 2.36. The number of nitrogens with zero attached hydrogens (tertiary/aromatic N) is 4. The van der Waals surface area contributed by atoms with Crippen molar-refractivity contribution in [2.24, 2.45) is 0 Å². The Hall–Kier alpha value is -3.92. The van der Waals surface area contributed by atoms with Gasteiger partial charge in [-0.3, -0.25) is 14.7 Å². The lowest BCUT2D eigenvalue weighted by Crippen LogP contribution is -2.11. The number of ether oxygens (including phenoxy) is 2. The molecule has 0 aliphatic carbocycles. The van der Waals surface area contributed by atoms with E-state index in [1.54, 1.807) is 31.4 Å². The summed E-state index contributed by atoms with van der Waals surface area (Å²) in [5.74, 6) is 1.70. The molecular formula is C25H23FN4O4S. The van der Waals surface area contributed by atoms with Gasteiger partial charge in [0, 0.05) is 10.6 Å². The van der Waals surface area contributed by atoms with Crippen LogP contribution in [0.25, 0.3) is 5.69 Å². The summed E-state index contributed by atoms with van der Waals surface area (Å²) in [4.78, 5) is 11.1. The van der Waals surface area contributed by atoms with Gasteiger partial charge in [0.1, 0.15) is 35.0 Å². The van der Waals surface area contributed by atoms with E-state index in [0.29, 0.717) is 16.7 Å². The first-order chi connectivity index (χ1) is 16.9. The predicted octanol–water partition coefficient (Wildman–Crippen LogP) is 5.41. The molecule has 0 fully saturated rings. The molecule has 35 heavy (non-hydrogen) atoms. The van der Waals surface area contributed by atoms with Crippen molar-refractivity contribution in [2.75, 3.05) is 13.7 Å². The number of hydrogen-bond acceptors (Lipinski definition) is 7. The van der Waals surface area contributed by atoms with Crippen LogP contribution < -0.4 is 9.47 Å². The van der Waals surface area contributed by atoms with Crippen LogP contribution in [0.5, 0.6) is 11.5 Å². The quantitative estimate of drug-likeness (QED) is 0.165. The third kappa shape index (κ3) is 6.15. The first-order valence-corrected chi connectivity index (χ1v) is 11.6. The molecule has 0 amide bonds. The number of thioether (sulfide) groups is 1. The second-order valence-corrected chi connectivity index (χ2v) is 8.84. The minimum absolute atomic E-state index is 0.283. The molecule has 3 aromatic carbocycles. The number of hydrogen-bond donors (Lipinski definition) is 0. The maximum Gasteiger partial charge on any atom is 0.220 e. The highest BCUT2D eigenvalue weighted by atomic mass is 32.2. The van der Waals surface area contributed by atoms with E-state index in [9.17, 15) is 14.5 Å². The van der Waals surface area contributed by atoms with Crippen molar-refractivity contribution in [2.45, 2.75) is 23.9 Å². The molecule has 180 valence electrons. The first-order valence-electron chi connectivity index (χ1n) is 10.7. The molecule has 0 N–H and O–H groups in total. The van der Waals surface area contributed by atoms with Gasteiger partial charge in [-0.05, 0) is 66.6 Å². The lowest BCUT2D eigenvalue weighted by Gasteiger charge is -2.15. The van der Waals surface area contributed by atoms with Crippen LogP contribution in [0.3, 0.4) is 0 Å². The van der Waals surface area contributed by atoms with Gasteiger partial charge in [-0.1, -0.05) is 36.0 Å². The average molecular weight is 495 g/mol. The van der Waals surface area contributed by atoms with Crippen molar-refractivity contribution in [3.63, 3.8) is 0 Å². The zero-order chi connectivity index (χ0) is 24.8. The van der Waals surface area contributed by atoms with Gasteiger partial charge in [0.2, 0.25) is 6.54 Å². The molecule has 0 unspecified atom stereocenters. The number of benzene rings is 3. The number of rotatable bonds is 10. The average Bonchev–Trinajstić information content (AvgIpc) is 3.23. The molecule has 4 rings (SSSR count). The maximum atomic E-state index is 13.1. The Morgan fingerprint density at radius 3 is 2.29 bits per heavy atom. The summed E-state index contributed by atoms with van der Waals surface area (Å²) in [5.41, 5.74) is 2.44. The third-order valence-electron chi connectivity index (χ3n) is 5.26. The van der Waals surface area contributed by atoms with Crippen LogP contribution in [-0.4, -0.2) is 33.3 Å². The van der Waals surface area contributed by atoms with Gasteiger partial charge in [-0.25, -0.2) is 4.39 Å². The number of nitro groups is 1. The predicted molar refractivity (Wildman–Crippen MR) is 130 cm³/mol. The van der Waals surface area contributed by atoms with Crippen molar-refractivity contribution < 1.29 is 18.8 Å². The van der Waals surface area contributed by atoms with Crippen molar-refractivity contribution in [1.29, 1.82) is 0 Å². The van der Waals surface area contributed by atoms with Crippen LogP contribution >= 0.6 is 11.8 Å². The van der Waals surface area contributed by atoms with Crippen molar-refractivity contribution in [3.05, 3.63) is 106 Å². The number of aromatic nitrogens is 3. The van der Waals surface area contributed by atoms with E-state index in [2.05, 4.69) is 10.2 Å². The summed E-state index contributed by atoms with van der Waals surface area (Å²) in [6.07, 6.45) is 0. The van der Waals surface area contributed by atoms with E-state index in [4.69, 9.17) is 9.47 Å². The van der Waals surface area contributed by atoms with Crippen molar-refractivity contribution >= 4 is 11.8 Å². The molecule has 1 aromatic heterocycles. The topological polar surface area (TPSA) is 92.3 Å². The zero-order valence-corrected chi connectivity index (χ0v) is 19.9. The molecule has 0 radical (unpaired) electrons. The van der Waals surface area contributed by atoms with Gasteiger partial charge >= 0.3 is 0 Å². The number of methoxy groups -OCH3 is 1. The molecule has 0 spiro atoms. The zero-order valence-electron chi connectivity index (χ0n) is 19.1. The Balaban J connectivity index is 1.52. The highest BCUT2D eigenvalue weighted by Gasteiger charge is 2.24. The monoisotopic (exact) mass is 494 g/mol. The summed E-state index contributed by atoms with van der Waals surface area (Å²) < 4.78 is 25.9. The van der Waals surface area contributed by atoms with E-state index in [1.165, 1.54) is 23.9 Å². The molecule has 0 saturated carbocycles. The molecular weight excluding hydrogens is 471 g/mol. The van der Waals surface area contributed by atoms with Gasteiger partial charge in [-0.2, -0.15) is 0 Å². The van der Waals surface area contributed by atoms with Crippen LogP contribution in [0, 0.1) is 22.9 Å². The van der Waals surface area contributed by atoms with Gasteiger partial charge in [0.15, 0.2) is 5.16 Å². The lowest BCUT2D eigenvalue weighted by atomic mass is 10.1. The lowest BCUT2D eigenvalue weighted by molar-refractivity contribution is -0.479. The standard InChI is InChI=1S/C25H23FN4O4S/c1-17-27-28-25(30(17)21-9-13-22(33-2)14-10-21)35-24(15-29(31)32)19-5-11-23(12-6-19)34-16-18-3-7-20(26)8-4-18/h3-14,24H,15-16H2,1-2H3/t24-/m1/s1. The van der Waals surface area contributed by atoms with Gasteiger partial charge in [0.05, 0.1) is 7.11 Å². The van der Waals surface area contributed by atoms with Gasteiger partial charge < -0.3 is 9.47 Å².